The van der Waals surface area contributed by atoms with Crippen molar-refractivity contribution < 1.29 is 0 Å². The molecule has 164 valence electrons. The summed E-state index contributed by atoms with van der Waals surface area (Å²) in [5.41, 5.74) is 0. The van der Waals surface area contributed by atoms with E-state index in [1.807, 2.05) is 141 Å². The van der Waals surface area contributed by atoms with Gasteiger partial charge in [0.15, 0.2) is 0 Å². The molecule has 0 aromatic carbocycles. The Bertz CT molecular complexity index is 766. The molecule has 0 bridgehead atoms. The van der Waals surface area contributed by atoms with Crippen LogP contribution in [-0.2, 0) is 0 Å². The normalized spacial score (nSPS) is 22.7. The summed E-state index contributed by atoms with van der Waals surface area (Å²) in [6, 6.07) is 0. The number of hydrogen-bond donors (Lipinski definition) is 0. The molecule has 0 saturated carbocycles. The van der Waals surface area contributed by atoms with Crippen molar-refractivity contribution in [3.05, 3.63) is 56.9 Å². The number of rotatable bonds is 10. The Morgan fingerprint density at radius 1 is 0.600 bits per heavy atom. The van der Waals surface area contributed by atoms with Gasteiger partial charge in [0.25, 0.3) is 0 Å². The maximum absolute atomic E-state index is 4.21. The highest BCUT2D eigenvalue weighted by atomic mass is 32.3. The fraction of sp³-hybridized carbons (Fsp3) is 0.333. The second kappa shape index (κ2) is 14.3. The Morgan fingerprint density at radius 2 is 0.933 bits per heavy atom. The lowest BCUT2D eigenvalue weighted by atomic mass is 10.8. The molecular weight excluding hydrogens is 601 g/mol. The molecular formula is C18H20S12. The van der Waals surface area contributed by atoms with E-state index in [-0.39, 0.29) is 0 Å². The molecule has 0 radical (unpaired) electrons. The highest BCUT2D eigenvalue weighted by Gasteiger charge is 2.25. The molecule has 0 N–H and O–H groups in total. The lowest BCUT2D eigenvalue weighted by Gasteiger charge is -2.06. The van der Waals surface area contributed by atoms with Gasteiger partial charge in [-0.25, -0.2) is 0 Å². The first-order chi connectivity index (χ1) is 14.6. The van der Waals surface area contributed by atoms with Crippen molar-refractivity contribution >= 4 is 141 Å². The molecule has 0 aromatic rings. The summed E-state index contributed by atoms with van der Waals surface area (Å²) in [6.07, 6.45) is 8.78. The van der Waals surface area contributed by atoms with E-state index < -0.39 is 0 Å². The number of hydrogen-bond acceptors (Lipinski definition) is 12. The molecule has 0 aromatic heterocycles. The van der Waals surface area contributed by atoms with Crippen LogP contribution in [0.2, 0.25) is 0 Å². The summed E-state index contributed by atoms with van der Waals surface area (Å²) >= 11 is 23.0. The third kappa shape index (κ3) is 7.83. The minimum Gasteiger partial charge on any atom is -0.121 e. The summed E-state index contributed by atoms with van der Waals surface area (Å²) in [5.74, 6) is 0. The van der Waals surface area contributed by atoms with Crippen molar-refractivity contribution in [1.29, 1.82) is 0 Å². The summed E-state index contributed by atoms with van der Waals surface area (Å²) in [6.45, 7) is 8.46. The fourth-order valence-electron chi connectivity index (χ4n) is 2.00. The second-order valence-electron chi connectivity index (χ2n) is 5.15. The molecule has 0 amide bonds. The summed E-state index contributed by atoms with van der Waals surface area (Å²) < 4.78 is 12.7. The summed E-state index contributed by atoms with van der Waals surface area (Å²) in [5, 5.41) is 2.10. The van der Waals surface area contributed by atoms with Crippen LogP contribution in [0.5, 0.6) is 0 Å². The van der Waals surface area contributed by atoms with E-state index in [2.05, 4.69) is 45.1 Å². The van der Waals surface area contributed by atoms with Crippen LogP contribution in [0.1, 0.15) is 13.8 Å². The van der Waals surface area contributed by atoms with Crippen LogP contribution in [0.4, 0.5) is 0 Å². The monoisotopic (exact) mass is 620 g/mol. The predicted octanol–water partition coefficient (Wildman–Crippen LogP) is 11.6. The van der Waals surface area contributed by atoms with Crippen molar-refractivity contribution in [2.24, 2.45) is 0 Å². The molecule has 0 fully saturated rings. The predicted molar refractivity (Wildman–Crippen MR) is 170 cm³/mol. The van der Waals surface area contributed by atoms with Crippen LogP contribution in [-0.4, -0.2) is 22.7 Å². The van der Waals surface area contributed by atoms with E-state index in [0.717, 1.165) is 10.2 Å². The first-order valence-corrected chi connectivity index (χ1v) is 19.8. The molecule has 30 heavy (non-hydrogen) atoms. The van der Waals surface area contributed by atoms with Gasteiger partial charge in [-0.05, 0) is 26.4 Å². The molecule has 3 aliphatic rings. The van der Waals surface area contributed by atoms with Gasteiger partial charge in [-0.15, -0.1) is 70.6 Å². The lowest BCUT2D eigenvalue weighted by molar-refractivity contribution is 1.77. The average Bonchev–Trinajstić information content (AvgIpc) is 3.44. The molecule has 3 rings (SSSR count). The van der Waals surface area contributed by atoms with Gasteiger partial charge in [-0.2, -0.15) is 0 Å². The first kappa shape index (κ1) is 27.2. The fourth-order valence-corrected chi connectivity index (χ4v) is 19.0. The molecule has 3 heterocycles. The Morgan fingerprint density at radius 3 is 1.27 bits per heavy atom. The van der Waals surface area contributed by atoms with E-state index in [1.54, 1.807) is 0 Å². The van der Waals surface area contributed by atoms with Crippen molar-refractivity contribution in [2.45, 2.75) is 13.8 Å². The van der Waals surface area contributed by atoms with Crippen LogP contribution in [0.3, 0.4) is 0 Å². The Hall–Kier alpha value is 2.64. The van der Waals surface area contributed by atoms with Crippen molar-refractivity contribution in [1.82, 2.24) is 0 Å². The minimum atomic E-state index is 1.05. The highest BCUT2D eigenvalue weighted by Crippen LogP contribution is 2.61. The maximum Gasteiger partial charge on any atom is 0.0668 e. The van der Waals surface area contributed by atoms with Crippen molar-refractivity contribution in [2.75, 3.05) is 22.7 Å². The van der Waals surface area contributed by atoms with Crippen molar-refractivity contribution in [3.63, 3.8) is 0 Å². The zero-order valence-electron chi connectivity index (χ0n) is 16.7. The molecule has 0 saturated heterocycles. The molecule has 0 atom stereocenters. The molecule has 0 unspecified atom stereocenters. The van der Waals surface area contributed by atoms with Gasteiger partial charge >= 0.3 is 0 Å². The van der Waals surface area contributed by atoms with Crippen LogP contribution in [0.15, 0.2) is 56.9 Å². The molecule has 0 spiro atoms. The average molecular weight is 621 g/mol. The summed E-state index contributed by atoms with van der Waals surface area (Å²) in [7, 11) is 0. The molecule has 3 aliphatic heterocycles. The van der Waals surface area contributed by atoms with Crippen LogP contribution in [0, 0.1) is 0 Å². The quantitative estimate of drug-likeness (QED) is 0.213. The van der Waals surface area contributed by atoms with E-state index in [9.17, 15) is 0 Å². The Labute approximate surface area is 231 Å². The number of allylic oxidation sites excluding steroid dienone is 2. The first-order valence-electron chi connectivity index (χ1n) is 8.48. The van der Waals surface area contributed by atoms with E-state index in [4.69, 9.17) is 0 Å². The molecule has 0 nitrogen and oxygen atoms in total. The maximum atomic E-state index is 4.21. The van der Waals surface area contributed by atoms with Gasteiger partial charge < -0.3 is 0 Å². The van der Waals surface area contributed by atoms with E-state index in [1.165, 1.54) is 38.1 Å². The van der Waals surface area contributed by atoms with Gasteiger partial charge in [0.05, 0.1) is 25.4 Å². The molecule has 12 heteroatoms. The molecule has 0 aliphatic carbocycles. The van der Waals surface area contributed by atoms with Gasteiger partial charge in [-0.1, -0.05) is 89.3 Å². The van der Waals surface area contributed by atoms with Gasteiger partial charge in [0.1, 0.15) is 0 Å². The minimum absolute atomic E-state index is 1.05. The van der Waals surface area contributed by atoms with Crippen LogP contribution < -0.4 is 0 Å². The third-order valence-corrected chi connectivity index (χ3v) is 19.7. The van der Waals surface area contributed by atoms with E-state index in [0.29, 0.717) is 0 Å². The highest BCUT2D eigenvalue weighted by molar-refractivity contribution is 8.45. The van der Waals surface area contributed by atoms with Crippen LogP contribution >= 0.6 is 141 Å². The standard InChI is InChI=1S/C18H20S12/c1-6-11-27-13(19-4)15(29-11)21-8-23-17-18(26-10(3)25-17)24-9-22-16-14(20-5)28-12(7-2)30-16/h6-7H,3,8-9H2,1-2,4-5H3/b11-6+,12-7+. The largest absolute Gasteiger partial charge is 0.121 e. The smallest absolute Gasteiger partial charge is 0.0668 e. The number of thioether (sulfide) groups is 12. The second-order valence-corrected chi connectivity index (χ2v) is 20.2. The topological polar surface area (TPSA) is 0 Å². The van der Waals surface area contributed by atoms with Crippen LogP contribution in [0.25, 0.3) is 0 Å². The van der Waals surface area contributed by atoms with Gasteiger partial charge in [0.2, 0.25) is 0 Å². The Kier molecular flexibility index (Phi) is 12.9. The van der Waals surface area contributed by atoms with Crippen molar-refractivity contribution in [3.8, 4) is 0 Å². The van der Waals surface area contributed by atoms with Gasteiger partial charge in [0, 0.05) is 22.9 Å². The summed E-state index contributed by atoms with van der Waals surface area (Å²) in [4.78, 5) is 0. The zero-order chi connectivity index (χ0) is 21.5. The van der Waals surface area contributed by atoms with Gasteiger partial charge in [-0.3, -0.25) is 0 Å². The zero-order valence-corrected chi connectivity index (χ0v) is 26.5. The van der Waals surface area contributed by atoms with E-state index >= 15 is 0 Å². The Balaban J connectivity index is 1.52. The third-order valence-electron chi connectivity index (χ3n) is 3.29. The SMILES string of the molecule is C=C1SC(SCSC2=C(SC)S/C(=C\C)S2)=C(SCSC2=C(SC)S/C(=C\C)S2)S1. The lowest BCUT2D eigenvalue weighted by Crippen LogP contribution is -1.77.